The van der Waals surface area contributed by atoms with Crippen molar-refractivity contribution in [1.82, 2.24) is 19.5 Å². The molecule has 0 spiro atoms. The number of nitrogens with two attached hydrogens (primary N) is 1. The number of hydrogen-bond acceptors (Lipinski definition) is 9. The van der Waals surface area contributed by atoms with E-state index in [4.69, 9.17) is 15.2 Å². The molecule has 1 saturated heterocycles. The van der Waals surface area contributed by atoms with Crippen molar-refractivity contribution in [1.29, 1.82) is 0 Å². The predicted octanol–water partition coefficient (Wildman–Crippen LogP) is -2.97. The lowest BCUT2D eigenvalue weighted by molar-refractivity contribution is -0.314. The summed E-state index contributed by atoms with van der Waals surface area (Å²) in [6.07, 6.45) is -2.21. The van der Waals surface area contributed by atoms with Crippen LogP contribution in [0.5, 0.6) is 0 Å². The molecular formula is C13H21N5O7. The molecule has 1 aliphatic rings. The van der Waals surface area contributed by atoms with E-state index in [1.807, 2.05) is 6.92 Å². The third kappa shape index (κ3) is 2.88. The fourth-order valence-electron chi connectivity index (χ4n) is 2.71. The van der Waals surface area contributed by atoms with E-state index in [1.165, 1.54) is 10.9 Å². The highest BCUT2D eigenvalue weighted by atomic mass is 16.7. The van der Waals surface area contributed by atoms with E-state index in [0.29, 0.717) is 6.42 Å². The second-order valence-corrected chi connectivity index (χ2v) is 5.49. The molecule has 12 nitrogen and oxygen atoms in total. The van der Waals surface area contributed by atoms with Crippen molar-refractivity contribution in [2.75, 3.05) is 18.9 Å². The summed E-state index contributed by atoms with van der Waals surface area (Å²) in [5.74, 6) is -2.03. The van der Waals surface area contributed by atoms with E-state index >= 15 is 0 Å². The number of fused-ring (bicyclic) bond motifs is 1. The van der Waals surface area contributed by atoms with Gasteiger partial charge in [0.2, 0.25) is 5.95 Å². The number of hydrogen-bond donors (Lipinski definition) is 5. The summed E-state index contributed by atoms with van der Waals surface area (Å²) in [6, 6.07) is 0. The van der Waals surface area contributed by atoms with Gasteiger partial charge in [0, 0.05) is 0 Å². The van der Waals surface area contributed by atoms with Crippen molar-refractivity contribution in [3.63, 3.8) is 0 Å². The fraction of sp³-hybridized carbons (Fsp3) is 0.615. The summed E-state index contributed by atoms with van der Waals surface area (Å²) in [6.45, 7) is 1.50. The van der Waals surface area contributed by atoms with Gasteiger partial charge in [0.1, 0.15) is 18.5 Å². The number of aromatic amines is 1. The van der Waals surface area contributed by atoms with Crippen molar-refractivity contribution in [3.05, 3.63) is 16.7 Å². The third-order valence-corrected chi connectivity index (χ3v) is 3.85. The molecule has 0 aliphatic carbocycles. The molecule has 140 valence electrons. The first-order chi connectivity index (χ1) is 11.4. The molecule has 0 unspecified atom stereocenters. The summed E-state index contributed by atoms with van der Waals surface area (Å²) in [5, 5.41) is 30.0. The van der Waals surface area contributed by atoms with Gasteiger partial charge in [-0.3, -0.25) is 14.3 Å². The van der Waals surface area contributed by atoms with Gasteiger partial charge in [-0.05, 0) is 6.42 Å². The smallest absolute Gasteiger partial charge is 0.288 e. The monoisotopic (exact) mass is 359 g/mol. The van der Waals surface area contributed by atoms with E-state index in [-0.39, 0.29) is 29.2 Å². The van der Waals surface area contributed by atoms with Crippen molar-refractivity contribution >= 4 is 17.1 Å². The number of imidazole rings is 1. The van der Waals surface area contributed by atoms with Crippen molar-refractivity contribution in [3.8, 4) is 0 Å². The first-order valence-electron chi connectivity index (χ1n) is 7.46. The van der Waals surface area contributed by atoms with Crippen LogP contribution in [0.4, 0.5) is 5.95 Å². The number of aromatic nitrogens is 4. The number of aliphatic hydroxyl groups excluding tert-OH is 3. The number of H-pyrrole nitrogens is 1. The van der Waals surface area contributed by atoms with Crippen LogP contribution in [0.1, 0.15) is 13.3 Å². The van der Waals surface area contributed by atoms with Crippen LogP contribution in [0.25, 0.3) is 11.2 Å². The molecule has 0 aromatic carbocycles. The minimum absolute atomic E-state index is 0. The SMILES string of the molecule is CCCO[C@@]1(n2cnc3c(=O)[nH]c(N)nc32)O[C@H](CO)[C@@H](O)[C@H]1O.O. The van der Waals surface area contributed by atoms with Gasteiger partial charge in [-0.1, -0.05) is 6.92 Å². The Bertz CT molecular complexity index is 793. The molecule has 12 heteroatoms. The Morgan fingerprint density at radius 3 is 2.84 bits per heavy atom. The van der Waals surface area contributed by atoms with Crippen LogP contribution in [0.15, 0.2) is 11.1 Å². The average molecular weight is 359 g/mol. The number of nitrogens with zero attached hydrogens (tertiary/aromatic N) is 3. The highest BCUT2D eigenvalue weighted by Gasteiger charge is 2.57. The van der Waals surface area contributed by atoms with Gasteiger partial charge < -0.3 is 36.0 Å². The van der Waals surface area contributed by atoms with Crippen LogP contribution in [0.3, 0.4) is 0 Å². The van der Waals surface area contributed by atoms with Gasteiger partial charge in [-0.2, -0.15) is 4.98 Å². The predicted molar refractivity (Wildman–Crippen MR) is 84.4 cm³/mol. The molecule has 8 N–H and O–H groups in total. The number of rotatable bonds is 5. The lowest BCUT2D eigenvalue weighted by Gasteiger charge is -2.33. The molecule has 25 heavy (non-hydrogen) atoms. The van der Waals surface area contributed by atoms with Gasteiger partial charge in [0.05, 0.1) is 13.2 Å². The van der Waals surface area contributed by atoms with Crippen LogP contribution < -0.4 is 11.3 Å². The topological polar surface area (TPSA) is 200 Å². The Balaban J connectivity index is 0.00000225. The Hall–Kier alpha value is -2.09. The zero-order chi connectivity index (χ0) is 17.5. The highest BCUT2D eigenvalue weighted by Crippen LogP contribution is 2.38. The molecule has 3 heterocycles. The Morgan fingerprint density at radius 1 is 1.52 bits per heavy atom. The van der Waals surface area contributed by atoms with E-state index in [1.54, 1.807) is 0 Å². The number of aliphatic hydroxyl groups is 3. The lowest BCUT2D eigenvalue weighted by atomic mass is 10.1. The minimum Gasteiger partial charge on any atom is -0.412 e. The zero-order valence-electron chi connectivity index (χ0n) is 13.4. The molecule has 1 aliphatic heterocycles. The third-order valence-electron chi connectivity index (χ3n) is 3.85. The number of nitrogen functional groups attached to an aromatic ring is 1. The average Bonchev–Trinajstić information content (AvgIpc) is 3.08. The van der Waals surface area contributed by atoms with Crippen LogP contribution >= 0.6 is 0 Å². The number of nitrogens with one attached hydrogen (secondary N) is 1. The van der Waals surface area contributed by atoms with E-state index in [2.05, 4.69) is 15.0 Å². The molecular weight excluding hydrogens is 338 g/mol. The van der Waals surface area contributed by atoms with Gasteiger partial charge >= 0.3 is 0 Å². The Morgan fingerprint density at radius 2 is 2.24 bits per heavy atom. The molecule has 3 rings (SSSR count). The van der Waals surface area contributed by atoms with Crippen LogP contribution in [-0.4, -0.2) is 71.8 Å². The molecule has 0 saturated carbocycles. The van der Waals surface area contributed by atoms with Crippen LogP contribution in [0, 0.1) is 0 Å². The van der Waals surface area contributed by atoms with Crippen molar-refractivity contribution < 1.29 is 30.3 Å². The molecule has 4 atom stereocenters. The number of anilines is 1. The van der Waals surface area contributed by atoms with Crippen LogP contribution in [-0.2, 0) is 15.4 Å². The lowest BCUT2D eigenvalue weighted by Crippen LogP contribution is -2.48. The quantitative estimate of drug-likeness (QED) is 0.369. The maximum Gasteiger partial charge on any atom is 0.288 e. The standard InChI is InChI=1S/C13H19N5O6.H2O/c1-2-3-23-13(9(21)8(20)6(4-19)24-13)18-5-15-7-10(18)16-12(14)17-11(7)22;/h5-6,8-9,19-21H,2-4H2,1H3,(H3,14,16,17,22);1H2/t6-,8-,9-,13-;/m1./s1. The van der Waals surface area contributed by atoms with Gasteiger partial charge in [0.15, 0.2) is 17.3 Å². The largest absolute Gasteiger partial charge is 0.412 e. The molecule has 2 aromatic rings. The molecule has 0 amide bonds. The van der Waals surface area contributed by atoms with E-state index in [0.717, 1.165) is 0 Å². The molecule has 0 bridgehead atoms. The summed E-state index contributed by atoms with van der Waals surface area (Å²) < 4.78 is 12.5. The maximum atomic E-state index is 11.9. The van der Waals surface area contributed by atoms with E-state index < -0.39 is 36.4 Å². The van der Waals surface area contributed by atoms with Crippen molar-refractivity contribution in [2.24, 2.45) is 0 Å². The van der Waals surface area contributed by atoms with Gasteiger partial charge in [0.25, 0.3) is 11.5 Å². The normalized spacial score (nSPS) is 29.0. The summed E-state index contributed by atoms with van der Waals surface area (Å²) in [4.78, 5) is 22.2. The Kier molecular flexibility index (Phi) is 5.41. The van der Waals surface area contributed by atoms with Crippen LogP contribution in [0.2, 0.25) is 0 Å². The van der Waals surface area contributed by atoms with Gasteiger partial charge in [-0.25, -0.2) is 4.98 Å². The van der Waals surface area contributed by atoms with Crippen molar-refractivity contribution in [2.45, 2.75) is 37.6 Å². The molecule has 0 radical (unpaired) electrons. The fourth-order valence-corrected chi connectivity index (χ4v) is 2.71. The van der Waals surface area contributed by atoms with Gasteiger partial charge in [-0.15, -0.1) is 0 Å². The van der Waals surface area contributed by atoms with E-state index in [9.17, 15) is 20.1 Å². The molecule has 1 fully saturated rings. The number of ether oxygens (including phenoxy) is 2. The first kappa shape index (κ1) is 19.2. The maximum absolute atomic E-state index is 11.9. The first-order valence-corrected chi connectivity index (χ1v) is 7.46. The minimum atomic E-state index is -1.88. The Labute approximate surface area is 141 Å². The zero-order valence-corrected chi connectivity index (χ0v) is 13.4. The summed E-state index contributed by atoms with van der Waals surface area (Å²) in [7, 11) is 0. The second kappa shape index (κ2) is 7.03. The summed E-state index contributed by atoms with van der Waals surface area (Å²) in [5.41, 5.74) is 5.01. The summed E-state index contributed by atoms with van der Waals surface area (Å²) >= 11 is 0. The second-order valence-electron chi connectivity index (χ2n) is 5.49. The highest BCUT2D eigenvalue weighted by molar-refractivity contribution is 5.70. The molecule has 2 aromatic heterocycles.